The van der Waals surface area contributed by atoms with Crippen LogP contribution >= 0.6 is 11.8 Å². The van der Waals surface area contributed by atoms with E-state index in [4.69, 9.17) is 4.74 Å². The van der Waals surface area contributed by atoms with Gasteiger partial charge < -0.3 is 19.9 Å². The van der Waals surface area contributed by atoms with Crippen LogP contribution in [0.25, 0.3) is 0 Å². The lowest BCUT2D eigenvalue weighted by Gasteiger charge is -2.48. The molecule has 1 unspecified atom stereocenters. The third-order valence-electron chi connectivity index (χ3n) is 12.0. The van der Waals surface area contributed by atoms with Crippen molar-refractivity contribution in [1.29, 1.82) is 0 Å². The van der Waals surface area contributed by atoms with Gasteiger partial charge in [-0.15, -0.1) is 0 Å². The van der Waals surface area contributed by atoms with Gasteiger partial charge in [0, 0.05) is 31.2 Å². The summed E-state index contributed by atoms with van der Waals surface area (Å²) >= 11 is 1.60. The zero-order valence-electron chi connectivity index (χ0n) is 38.0. The number of carbonyl (C=O) groups is 3. The zero-order chi connectivity index (χ0) is 41.1. The topological polar surface area (TPSA) is 79.0 Å². The zero-order valence-corrected chi connectivity index (χ0v) is 38.9. The van der Waals surface area contributed by atoms with E-state index < -0.39 is 5.54 Å². The third-order valence-corrected chi connectivity index (χ3v) is 13.2. The van der Waals surface area contributed by atoms with Gasteiger partial charge in [-0.2, -0.15) is 0 Å². The molecule has 56 heavy (non-hydrogen) atoms. The Kier molecular flexibility index (Phi) is 33.8. The van der Waals surface area contributed by atoms with E-state index in [-0.39, 0.29) is 30.1 Å². The highest BCUT2D eigenvalue weighted by atomic mass is 32.2. The minimum atomic E-state index is -0.928. The Hall–Kier alpha value is -1.12. The molecule has 7 nitrogen and oxygen atoms in total. The molecule has 0 aromatic carbocycles. The first-order valence-electron chi connectivity index (χ1n) is 24.2. The van der Waals surface area contributed by atoms with E-state index in [1.54, 1.807) is 11.8 Å². The fourth-order valence-corrected chi connectivity index (χ4v) is 9.35. The molecule has 0 saturated carbocycles. The molecule has 0 radical (unpaired) electrons. The average molecular weight is 808 g/mol. The van der Waals surface area contributed by atoms with Crippen LogP contribution in [0.2, 0.25) is 0 Å². The van der Waals surface area contributed by atoms with Crippen molar-refractivity contribution in [2.75, 3.05) is 46.9 Å². The molecule has 0 aliphatic carbocycles. The van der Waals surface area contributed by atoms with E-state index in [9.17, 15) is 14.4 Å². The highest BCUT2D eigenvalue weighted by Gasteiger charge is 2.52. The average Bonchev–Trinajstić information content (AvgIpc) is 3.16. The monoisotopic (exact) mass is 808 g/mol. The standard InChI is InChI=1S/C48H93N3O4S/c1-7-11-15-19-22-26-33-43(32-25-18-14-10-4)40-49-47(54)48(41-55-42-48)51(39-31-38-50(5)6)45(52)36-29-30-37-46(53)56-44(34-27-23-20-16-12-8-2)35-28-24-21-17-13-9-3/h43-44H,7-42H2,1-6H3,(H,49,54). The molecule has 1 heterocycles. The van der Waals surface area contributed by atoms with Gasteiger partial charge >= 0.3 is 0 Å². The fourth-order valence-electron chi connectivity index (χ4n) is 8.14. The van der Waals surface area contributed by atoms with Crippen LogP contribution in [0.4, 0.5) is 0 Å². The molecule has 330 valence electrons. The molecule has 0 aromatic rings. The fraction of sp³-hybridized carbons (Fsp3) is 0.938. The molecule has 1 fully saturated rings. The maximum atomic E-state index is 14.1. The number of amides is 2. The molecule has 1 aliphatic rings. The Labute approximate surface area is 352 Å². The molecule has 0 spiro atoms. The van der Waals surface area contributed by atoms with Crippen molar-refractivity contribution in [3.05, 3.63) is 0 Å². The highest BCUT2D eigenvalue weighted by Crippen LogP contribution is 2.30. The summed E-state index contributed by atoms with van der Waals surface area (Å²) in [5, 5.41) is 4.06. The van der Waals surface area contributed by atoms with Gasteiger partial charge in [0.15, 0.2) is 10.7 Å². The second-order valence-electron chi connectivity index (χ2n) is 17.6. The first-order valence-corrected chi connectivity index (χ1v) is 25.1. The molecular weight excluding hydrogens is 715 g/mol. The number of carbonyl (C=O) groups excluding carboxylic acids is 3. The Bertz CT molecular complexity index is 943. The number of unbranched alkanes of at least 4 members (excludes halogenated alkanes) is 19. The molecule has 1 aliphatic heterocycles. The van der Waals surface area contributed by atoms with Gasteiger partial charge in [0.25, 0.3) is 5.91 Å². The summed E-state index contributed by atoms with van der Waals surface area (Å²) in [6.45, 7) is 11.6. The largest absolute Gasteiger partial charge is 0.375 e. The van der Waals surface area contributed by atoms with Crippen LogP contribution in [0.1, 0.15) is 227 Å². The second-order valence-corrected chi connectivity index (χ2v) is 19.0. The quantitative estimate of drug-likeness (QED) is 0.0621. The van der Waals surface area contributed by atoms with E-state index in [0.717, 1.165) is 45.1 Å². The SMILES string of the molecule is CCCCCCCCC(CCCCCC)CNC(=O)C1(N(CCCN(C)C)C(=O)CCCCC(=O)SC(CCCCCCCC)CCCCCCCC)COC1. The molecule has 1 saturated heterocycles. The smallest absolute Gasteiger partial charge is 0.250 e. The van der Waals surface area contributed by atoms with E-state index in [2.05, 4.69) is 37.9 Å². The Balaban J connectivity index is 2.78. The Morgan fingerprint density at radius 1 is 0.571 bits per heavy atom. The number of hydrogen-bond donors (Lipinski definition) is 1. The second kappa shape index (κ2) is 35.8. The van der Waals surface area contributed by atoms with Crippen molar-refractivity contribution in [3.63, 3.8) is 0 Å². The first kappa shape index (κ1) is 52.9. The van der Waals surface area contributed by atoms with Gasteiger partial charge in [0.1, 0.15) is 0 Å². The Morgan fingerprint density at radius 3 is 1.48 bits per heavy atom. The summed E-state index contributed by atoms with van der Waals surface area (Å²) in [5.41, 5.74) is -0.928. The number of rotatable bonds is 40. The van der Waals surface area contributed by atoms with Crippen molar-refractivity contribution in [1.82, 2.24) is 15.1 Å². The van der Waals surface area contributed by atoms with Gasteiger partial charge in [0.05, 0.1) is 13.2 Å². The number of hydrogen-bond acceptors (Lipinski definition) is 6. The summed E-state index contributed by atoms with van der Waals surface area (Å²) in [6, 6.07) is 0. The van der Waals surface area contributed by atoms with Crippen molar-refractivity contribution in [3.8, 4) is 0 Å². The van der Waals surface area contributed by atoms with Crippen LogP contribution in [0, 0.1) is 5.92 Å². The van der Waals surface area contributed by atoms with E-state index >= 15 is 0 Å². The molecule has 0 bridgehead atoms. The van der Waals surface area contributed by atoms with Gasteiger partial charge in [0.2, 0.25) is 5.91 Å². The third kappa shape index (κ3) is 25.4. The van der Waals surface area contributed by atoms with Crippen molar-refractivity contribution >= 4 is 28.7 Å². The molecule has 1 rings (SSSR count). The van der Waals surface area contributed by atoms with Gasteiger partial charge in [-0.25, -0.2) is 0 Å². The normalized spacial score (nSPS) is 14.3. The maximum absolute atomic E-state index is 14.1. The van der Waals surface area contributed by atoms with Crippen LogP contribution < -0.4 is 5.32 Å². The number of thioether (sulfide) groups is 1. The van der Waals surface area contributed by atoms with Gasteiger partial charge in [-0.05, 0) is 71.5 Å². The molecule has 0 aromatic heterocycles. The predicted octanol–water partition coefficient (Wildman–Crippen LogP) is 12.7. The summed E-state index contributed by atoms with van der Waals surface area (Å²) in [6.07, 6.45) is 35.8. The summed E-state index contributed by atoms with van der Waals surface area (Å²) in [4.78, 5) is 45.3. The molecule has 1 atom stereocenters. The van der Waals surface area contributed by atoms with Crippen molar-refractivity contribution < 1.29 is 19.1 Å². The highest BCUT2D eigenvalue weighted by molar-refractivity contribution is 8.14. The van der Waals surface area contributed by atoms with Crippen LogP contribution in [0.5, 0.6) is 0 Å². The lowest BCUT2D eigenvalue weighted by Crippen LogP contribution is -2.71. The Morgan fingerprint density at radius 2 is 1.02 bits per heavy atom. The summed E-state index contributed by atoms with van der Waals surface area (Å²) in [5.74, 6) is 0.454. The van der Waals surface area contributed by atoms with E-state index in [1.165, 1.54) is 141 Å². The molecule has 2 amide bonds. The van der Waals surface area contributed by atoms with E-state index in [1.807, 2.05) is 19.0 Å². The molecular formula is C48H93N3O4S. The molecule has 1 N–H and O–H groups in total. The van der Waals surface area contributed by atoms with E-state index in [0.29, 0.717) is 43.5 Å². The van der Waals surface area contributed by atoms with Crippen molar-refractivity contribution in [2.45, 2.75) is 238 Å². The predicted molar refractivity (Wildman–Crippen MR) is 243 cm³/mol. The van der Waals surface area contributed by atoms with Gasteiger partial charge in [-0.1, -0.05) is 181 Å². The number of nitrogens with zero attached hydrogens (tertiary/aromatic N) is 2. The first-order chi connectivity index (χ1) is 27.2. The number of ether oxygens (including phenoxy) is 1. The van der Waals surface area contributed by atoms with Gasteiger partial charge in [-0.3, -0.25) is 14.4 Å². The van der Waals surface area contributed by atoms with Crippen LogP contribution in [0.3, 0.4) is 0 Å². The van der Waals surface area contributed by atoms with Crippen LogP contribution in [-0.2, 0) is 19.1 Å². The lowest BCUT2D eigenvalue weighted by atomic mass is 9.90. The number of nitrogens with one attached hydrogen (secondary N) is 1. The van der Waals surface area contributed by atoms with Crippen LogP contribution in [-0.4, -0.2) is 84.5 Å². The lowest BCUT2D eigenvalue weighted by molar-refractivity contribution is -0.180. The minimum absolute atomic E-state index is 0.0227. The minimum Gasteiger partial charge on any atom is -0.375 e. The van der Waals surface area contributed by atoms with Crippen molar-refractivity contribution in [2.24, 2.45) is 5.92 Å². The van der Waals surface area contributed by atoms with Crippen LogP contribution in [0.15, 0.2) is 0 Å². The summed E-state index contributed by atoms with van der Waals surface area (Å²) in [7, 11) is 4.10. The molecule has 8 heteroatoms. The summed E-state index contributed by atoms with van der Waals surface area (Å²) < 4.78 is 5.71. The maximum Gasteiger partial charge on any atom is 0.250 e.